The Hall–Kier alpha value is -1.58. The van der Waals surface area contributed by atoms with E-state index >= 15 is 0 Å². The Kier molecular flexibility index (Phi) is 4.42. The molecule has 0 saturated carbocycles. The maximum atomic E-state index is 9.58. The summed E-state index contributed by atoms with van der Waals surface area (Å²) in [5.41, 5.74) is 1.40. The molecule has 0 aromatic heterocycles. The molecule has 0 amide bonds. The molecule has 3 nitrogen and oxygen atoms in total. The standard InChI is InChI=1S/C18H24N2O/c1-2-3-18(20-10-8-19-9-11-20)16-5-4-15-13-17(21)7-6-14(15)12-16/h4-7,12-13,18-19,21H,2-3,8-11H2,1H3/t18-/m1/s1. The lowest BCUT2D eigenvalue weighted by Crippen LogP contribution is -2.45. The minimum Gasteiger partial charge on any atom is -0.508 e. The molecule has 1 saturated heterocycles. The van der Waals surface area contributed by atoms with Gasteiger partial charge in [0.2, 0.25) is 0 Å². The normalized spacial score (nSPS) is 18.0. The number of phenolic OH excluding ortho intramolecular Hbond substituents is 1. The fourth-order valence-corrected chi connectivity index (χ4v) is 3.29. The summed E-state index contributed by atoms with van der Waals surface area (Å²) < 4.78 is 0. The first-order chi connectivity index (χ1) is 10.3. The summed E-state index contributed by atoms with van der Waals surface area (Å²) in [6.45, 7) is 6.67. The lowest BCUT2D eigenvalue weighted by atomic mass is 9.97. The summed E-state index contributed by atoms with van der Waals surface area (Å²) in [4.78, 5) is 2.60. The second kappa shape index (κ2) is 6.46. The van der Waals surface area contributed by atoms with Crippen molar-refractivity contribution in [3.63, 3.8) is 0 Å². The molecule has 2 aromatic carbocycles. The monoisotopic (exact) mass is 284 g/mol. The predicted octanol–water partition coefficient (Wildman–Crippen LogP) is 3.29. The van der Waals surface area contributed by atoms with Crippen LogP contribution in [0.4, 0.5) is 0 Å². The summed E-state index contributed by atoms with van der Waals surface area (Å²) in [7, 11) is 0. The van der Waals surface area contributed by atoms with Crippen LogP contribution in [-0.4, -0.2) is 36.2 Å². The molecule has 0 aliphatic carbocycles. The number of fused-ring (bicyclic) bond motifs is 1. The van der Waals surface area contributed by atoms with Crippen molar-refractivity contribution < 1.29 is 5.11 Å². The van der Waals surface area contributed by atoms with Crippen LogP contribution in [0, 0.1) is 0 Å². The second-order valence-corrected chi connectivity index (χ2v) is 5.88. The van der Waals surface area contributed by atoms with Crippen LogP contribution in [0.1, 0.15) is 31.4 Å². The van der Waals surface area contributed by atoms with Crippen molar-refractivity contribution in [1.82, 2.24) is 10.2 Å². The Morgan fingerprint density at radius 2 is 1.81 bits per heavy atom. The Morgan fingerprint density at radius 1 is 1.10 bits per heavy atom. The topological polar surface area (TPSA) is 35.5 Å². The minimum absolute atomic E-state index is 0.336. The molecule has 0 bridgehead atoms. The quantitative estimate of drug-likeness (QED) is 0.904. The van der Waals surface area contributed by atoms with Crippen LogP contribution in [0.25, 0.3) is 10.8 Å². The fourth-order valence-electron chi connectivity index (χ4n) is 3.29. The van der Waals surface area contributed by atoms with Crippen molar-refractivity contribution in [2.24, 2.45) is 0 Å². The third kappa shape index (κ3) is 3.20. The van der Waals surface area contributed by atoms with Gasteiger partial charge in [-0.15, -0.1) is 0 Å². The van der Waals surface area contributed by atoms with Gasteiger partial charge < -0.3 is 10.4 Å². The van der Waals surface area contributed by atoms with Gasteiger partial charge in [0.05, 0.1) is 0 Å². The van der Waals surface area contributed by atoms with E-state index in [-0.39, 0.29) is 0 Å². The van der Waals surface area contributed by atoms with Crippen molar-refractivity contribution in [2.45, 2.75) is 25.8 Å². The predicted molar refractivity (Wildman–Crippen MR) is 87.7 cm³/mol. The Labute approximate surface area is 126 Å². The number of nitrogens with one attached hydrogen (secondary N) is 1. The maximum Gasteiger partial charge on any atom is 0.116 e. The van der Waals surface area contributed by atoms with Crippen molar-refractivity contribution in [3.8, 4) is 5.75 Å². The molecule has 0 unspecified atom stereocenters. The van der Waals surface area contributed by atoms with E-state index in [1.165, 1.54) is 23.8 Å². The van der Waals surface area contributed by atoms with Crippen LogP contribution in [0.3, 0.4) is 0 Å². The molecular weight excluding hydrogens is 260 g/mol. The summed E-state index contributed by atoms with van der Waals surface area (Å²) in [6, 6.07) is 12.8. The van der Waals surface area contributed by atoms with Gasteiger partial charge in [-0.1, -0.05) is 31.5 Å². The van der Waals surface area contributed by atoms with Crippen molar-refractivity contribution >= 4 is 10.8 Å². The lowest BCUT2D eigenvalue weighted by Gasteiger charge is -2.35. The summed E-state index contributed by atoms with van der Waals surface area (Å²) in [5, 5.41) is 15.3. The molecule has 1 aliphatic rings. The Morgan fingerprint density at radius 3 is 2.57 bits per heavy atom. The van der Waals surface area contributed by atoms with Crippen LogP contribution < -0.4 is 5.32 Å². The first-order valence-corrected chi connectivity index (χ1v) is 7.95. The molecule has 1 fully saturated rings. The van der Waals surface area contributed by atoms with Gasteiger partial charge in [-0.25, -0.2) is 0 Å². The average Bonchev–Trinajstić information content (AvgIpc) is 2.53. The van der Waals surface area contributed by atoms with Crippen LogP contribution in [0.2, 0.25) is 0 Å². The molecule has 112 valence electrons. The molecule has 2 N–H and O–H groups in total. The van der Waals surface area contributed by atoms with Gasteiger partial charge in [0, 0.05) is 32.2 Å². The number of phenols is 1. The highest BCUT2D eigenvalue weighted by Crippen LogP contribution is 2.29. The molecule has 0 spiro atoms. The zero-order valence-electron chi connectivity index (χ0n) is 12.7. The SMILES string of the molecule is CCC[C@H](c1ccc2cc(O)ccc2c1)N1CCNCC1. The van der Waals surface area contributed by atoms with E-state index < -0.39 is 0 Å². The van der Waals surface area contributed by atoms with E-state index in [1.807, 2.05) is 12.1 Å². The van der Waals surface area contributed by atoms with E-state index in [0.717, 1.165) is 31.6 Å². The third-order valence-electron chi connectivity index (χ3n) is 4.39. The number of aromatic hydroxyl groups is 1. The van der Waals surface area contributed by atoms with E-state index in [0.29, 0.717) is 11.8 Å². The summed E-state index contributed by atoms with van der Waals surface area (Å²) in [6.07, 6.45) is 2.39. The molecule has 21 heavy (non-hydrogen) atoms. The van der Waals surface area contributed by atoms with E-state index in [1.54, 1.807) is 6.07 Å². The Balaban J connectivity index is 1.92. The first kappa shape index (κ1) is 14.4. The number of rotatable bonds is 4. The largest absolute Gasteiger partial charge is 0.508 e. The molecule has 1 heterocycles. The molecule has 0 radical (unpaired) electrons. The van der Waals surface area contributed by atoms with Gasteiger partial charge in [0.15, 0.2) is 0 Å². The Bertz CT molecular complexity index is 605. The highest BCUT2D eigenvalue weighted by molar-refractivity contribution is 5.84. The zero-order valence-corrected chi connectivity index (χ0v) is 12.7. The van der Waals surface area contributed by atoms with E-state index in [9.17, 15) is 5.11 Å². The number of hydrogen-bond donors (Lipinski definition) is 2. The van der Waals surface area contributed by atoms with Gasteiger partial charge in [-0.3, -0.25) is 4.90 Å². The van der Waals surface area contributed by atoms with Gasteiger partial charge in [0.1, 0.15) is 5.75 Å². The third-order valence-corrected chi connectivity index (χ3v) is 4.39. The zero-order chi connectivity index (χ0) is 14.7. The maximum absolute atomic E-state index is 9.58. The highest BCUT2D eigenvalue weighted by atomic mass is 16.3. The van der Waals surface area contributed by atoms with Crippen molar-refractivity contribution in [1.29, 1.82) is 0 Å². The van der Waals surface area contributed by atoms with E-state index in [2.05, 4.69) is 35.3 Å². The van der Waals surface area contributed by atoms with Crippen LogP contribution in [0.15, 0.2) is 36.4 Å². The molecule has 1 atom stereocenters. The highest BCUT2D eigenvalue weighted by Gasteiger charge is 2.21. The molecule has 1 aliphatic heterocycles. The summed E-state index contributed by atoms with van der Waals surface area (Å²) >= 11 is 0. The van der Waals surface area contributed by atoms with Crippen LogP contribution >= 0.6 is 0 Å². The van der Waals surface area contributed by atoms with Gasteiger partial charge in [0.25, 0.3) is 0 Å². The van der Waals surface area contributed by atoms with Crippen LogP contribution in [0.5, 0.6) is 5.75 Å². The molecule has 2 aromatic rings. The summed E-state index contributed by atoms with van der Waals surface area (Å²) in [5.74, 6) is 0.336. The minimum atomic E-state index is 0.336. The van der Waals surface area contributed by atoms with Gasteiger partial charge in [-0.2, -0.15) is 0 Å². The van der Waals surface area contributed by atoms with Gasteiger partial charge >= 0.3 is 0 Å². The molecule has 3 heteroatoms. The van der Waals surface area contributed by atoms with Crippen molar-refractivity contribution in [3.05, 3.63) is 42.0 Å². The number of piperazine rings is 1. The van der Waals surface area contributed by atoms with Crippen LogP contribution in [-0.2, 0) is 0 Å². The van der Waals surface area contributed by atoms with Gasteiger partial charge in [-0.05, 0) is 41.0 Å². The average molecular weight is 284 g/mol. The first-order valence-electron chi connectivity index (χ1n) is 7.95. The molecule has 3 rings (SSSR count). The lowest BCUT2D eigenvalue weighted by molar-refractivity contribution is 0.165. The van der Waals surface area contributed by atoms with Crippen molar-refractivity contribution in [2.75, 3.05) is 26.2 Å². The number of hydrogen-bond acceptors (Lipinski definition) is 3. The molecular formula is C18H24N2O. The fraction of sp³-hybridized carbons (Fsp3) is 0.444. The van der Waals surface area contributed by atoms with E-state index in [4.69, 9.17) is 0 Å². The second-order valence-electron chi connectivity index (χ2n) is 5.88. The number of benzene rings is 2. The smallest absolute Gasteiger partial charge is 0.116 e. The number of nitrogens with zero attached hydrogens (tertiary/aromatic N) is 1.